The molecule has 1 aliphatic rings. The predicted molar refractivity (Wildman–Crippen MR) is 55.9 cm³/mol. The summed E-state index contributed by atoms with van der Waals surface area (Å²) in [7, 11) is 0. The highest BCUT2D eigenvalue weighted by atomic mass is 35.5. The van der Waals surface area contributed by atoms with Crippen LogP contribution in [0.4, 0.5) is 4.39 Å². The second kappa shape index (κ2) is 4.28. The number of hydrogen-bond acceptors (Lipinski definition) is 1. The first kappa shape index (κ1) is 9.94. The average molecular weight is 214 g/mol. The molecule has 0 N–H and O–H groups in total. The number of nitrogens with zero attached hydrogens (tertiary/aromatic N) is 1. The Hall–Kier alpha value is -0.600. The molecule has 0 unspecified atom stereocenters. The largest absolute Gasteiger partial charge is 0.299 e. The van der Waals surface area contributed by atoms with E-state index in [0.29, 0.717) is 12.1 Å². The van der Waals surface area contributed by atoms with E-state index in [1.807, 2.05) is 0 Å². The van der Waals surface area contributed by atoms with Gasteiger partial charge in [-0.2, -0.15) is 0 Å². The van der Waals surface area contributed by atoms with Crippen molar-refractivity contribution in [1.82, 2.24) is 4.90 Å². The van der Waals surface area contributed by atoms with Gasteiger partial charge in [-0.15, -0.1) is 0 Å². The minimum Gasteiger partial charge on any atom is -0.299 e. The lowest BCUT2D eigenvalue weighted by Gasteiger charge is -2.15. The molecule has 0 radical (unpaired) electrons. The van der Waals surface area contributed by atoms with Gasteiger partial charge in [-0.05, 0) is 32.0 Å². The monoisotopic (exact) mass is 213 g/mol. The average Bonchev–Trinajstić information content (AvgIpc) is 2.66. The maximum absolute atomic E-state index is 13.5. The van der Waals surface area contributed by atoms with Gasteiger partial charge in [0.05, 0.1) is 5.02 Å². The van der Waals surface area contributed by atoms with Crippen molar-refractivity contribution in [3.8, 4) is 0 Å². The first-order valence-electron chi connectivity index (χ1n) is 4.92. The SMILES string of the molecule is Fc1c(Cl)cccc1CN1CCCC1. The van der Waals surface area contributed by atoms with Gasteiger partial charge in [-0.3, -0.25) is 4.90 Å². The van der Waals surface area contributed by atoms with Crippen LogP contribution in [0.25, 0.3) is 0 Å². The minimum atomic E-state index is -0.263. The maximum atomic E-state index is 13.5. The molecule has 0 aliphatic carbocycles. The Morgan fingerprint density at radius 3 is 2.71 bits per heavy atom. The number of benzene rings is 1. The fourth-order valence-electron chi connectivity index (χ4n) is 1.85. The zero-order chi connectivity index (χ0) is 9.97. The van der Waals surface area contributed by atoms with E-state index in [2.05, 4.69) is 4.90 Å². The van der Waals surface area contributed by atoms with Crippen LogP contribution in [0.5, 0.6) is 0 Å². The van der Waals surface area contributed by atoms with E-state index in [1.165, 1.54) is 12.8 Å². The Bertz CT molecular complexity index is 321. The van der Waals surface area contributed by atoms with Gasteiger partial charge in [0.25, 0.3) is 0 Å². The summed E-state index contributed by atoms with van der Waals surface area (Å²) in [6, 6.07) is 5.20. The van der Waals surface area contributed by atoms with Crippen LogP contribution in [0.2, 0.25) is 5.02 Å². The van der Waals surface area contributed by atoms with Crippen LogP contribution in [-0.4, -0.2) is 18.0 Å². The van der Waals surface area contributed by atoms with Gasteiger partial charge in [0.2, 0.25) is 0 Å². The highest BCUT2D eigenvalue weighted by Gasteiger charge is 2.14. The lowest BCUT2D eigenvalue weighted by Crippen LogP contribution is -2.19. The number of rotatable bonds is 2. The highest BCUT2D eigenvalue weighted by Crippen LogP contribution is 2.20. The van der Waals surface area contributed by atoms with Gasteiger partial charge in [-0.25, -0.2) is 4.39 Å². The third kappa shape index (κ3) is 2.07. The van der Waals surface area contributed by atoms with Gasteiger partial charge >= 0.3 is 0 Å². The molecule has 1 fully saturated rings. The molecule has 3 heteroatoms. The molecule has 0 amide bonds. The molecule has 76 valence electrons. The molecule has 0 atom stereocenters. The van der Waals surface area contributed by atoms with Gasteiger partial charge in [-0.1, -0.05) is 23.7 Å². The number of halogens is 2. The summed E-state index contributed by atoms with van der Waals surface area (Å²) in [5.41, 5.74) is 0.708. The number of hydrogen-bond donors (Lipinski definition) is 0. The summed E-state index contributed by atoms with van der Waals surface area (Å²) in [4.78, 5) is 2.26. The molecule has 1 nitrogen and oxygen atoms in total. The zero-order valence-electron chi connectivity index (χ0n) is 7.97. The third-order valence-corrected chi connectivity index (χ3v) is 2.92. The topological polar surface area (TPSA) is 3.24 Å². The van der Waals surface area contributed by atoms with Crippen LogP contribution in [-0.2, 0) is 6.54 Å². The molecule has 1 heterocycles. The first-order valence-corrected chi connectivity index (χ1v) is 5.30. The molecule has 2 rings (SSSR count). The van der Waals surface area contributed by atoms with Crippen molar-refractivity contribution < 1.29 is 4.39 Å². The number of likely N-dealkylation sites (tertiary alicyclic amines) is 1. The summed E-state index contributed by atoms with van der Waals surface area (Å²) < 4.78 is 13.5. The first-order chi connectivity index (χ1) is 6.77. The van der Waals surface area contributed by atoms with E-state index in [1.54, 1.807) is 18.2 Å². The Labute approximate surface area is 88.5 Å². The molecule has 1 aliphatic heterocycles. The molecule has 1 saturated heterocycles. The van der Waals surface area contributed by atoms with Crippen LogP contribution in [0, 0.1) is 5.82 Å². The summed E-state index contributed by atoms with van der Waals surface area (Å²) in [5.74, 6) is -0.263. The summed E-state index contributed by atoms with van der Waals surface area (Å²) >= 11 is 5.71. The van der Waals surface area contributed by atoms with Crippen LogP contribution < -0.4 is 0 Å². The van der Waals surface area contributed by atoms with Gasteiger partial charge in [0, 0.05) is 12.1 Å². The summed E-state index contributed by atoms with van der Waals surface area (Å²) in [6.45, 7) is 2.84. The molecule has 1 aromatic carbocycles. The van der Waals surface area contributed by atoms with Crippen molar-refractivity contribution in [2.24, 2.45) is 0 Å². The van der Waals surface area contributed by atoms with Gasteiger partial charge < -0.3 is 0 Å². The fourth-order valence-corrected chi connectivity index (χ4v) is 2.05. The van der Waals surface area contributed by atoms with E-state index >= 15 is 0 Å². The minimum absolute atomic E-state index is 0.224. The Morgan fingerprint density at radius 1 is 1.29 bits per heavy atom. The van der Waals surface area contributed by atoms with Crippen LogP contribution in [0.3, 0.4) is 0 Å². The van der Waals surface area contributed by atoms with Crippen molar-refractivity contribution in [2.45, 2.75) is 19.4 Å². The molecule has 0 spiro atoms. The van der Waals surface area contributed by atoms with Crippen LogP contribution >= 0.6 is 11.6 Å². The summed E-state index contributed by atoms with van der Waals surface area (Å²) in [5, 5.41) is 0.224. The van der Waals surface area contributed by atoms with Crippen molar-refractivity contribution >= 4 is 11.6 Å². The lowest BCUT2D eigenvalue weighted by molar-refractivity contribution is 0.325. The van der Waals surface area contributed by atoms with Crippen molar-refractivity contribution in [3.05, 3.63) is 34.6 Å². The third-order valence-electron chi connectivity index (χ3n) is 2.62. The molecular weight excluding hydrogens is 201 g/mol. The van der Waals surface area contributed by atoms with Crippen LogP contribution in [0.15, 0.2) is 18.2 Å². The molecule has 14 heavy (non-hydrogen) atoms. The molecule has 0 saturated carbocycles. The van der Waals surface area contributed by atoms with Gasteiger partial charge in [0.15, 0.2) is 0 Å². The van der Waals surface area contributed by atoms with E-state index in [0.717, 1.165) is 13.1 Å². The summed E-state index contributed by atoms with van der Waals surface area (Å²) in [6.07, 6.45) is 2.45. The van der Waals surface area contributed by atoms with E-state index in [9.17, 15) is 4.39 Å². The maximum Gasteiger partial charge on any atom is 0.146 e. The van der Waals surface area contributed by atoms with Gasteiger partial charge in [0.1, 0.15) is 5.82 Å². The standard InChI is InChI=1S/C11H13ClFN/c12-10-5-3-4-9(11(10)13)8-14-6-1-2-7-14/h3-5H,1-2,6-8H2. The molecule has 0 bridgehead atoms. The Kier molecular flexibility index (Phi) is 3.04. The van der Waals surface area contributed by atoms with Crippen molar-refractivity contribution in [1.29, 1.82) is 0 Å². The molecule has 1 aromatic rings. The smallest absolute Gasteiger partial charge is 0.146 e. The second-order valence-electron chi connectivity index (χ2n) is 3.70. The lowest BCUT2D eigenvalue weighted by atomic mass is 10.2. The Morgan fingerprint density at radius 2 is 2.00 bits per heavy atom. The van der Waals surface area contributed by atoms with Crippen LogP contribution in [0.1, 0.15) is 18.4 Å². The molecular formula is C11H13ClFN. The van der Waals surface area contributed by atoms with E-state index < -0.39 is 0 Å². The predicted octanol–water partition coefficient (Wildman–Crippen LogP) is 3.07. The zero-order valence-corrected chi connectivity index (χ0v) is 8.73. The normalized spacial score (nSPS) is 17.6. The van der Waals surface area contributed by atoms with Crippen molar-refractivity contribution in [2.75, 3.05) is 13.1 Å². The highest BCUT2D eigenvalue weighted by molar-refractivity contribution is 6.30. The Balaban J connectivity index is 2.11. The van der Waals surface area contributed by atoms with E-state index in [-0.39, 0.29) is 10.8 Å². The molecule has 0 aromatic heterocycles. The van der Waals surface area contributed by atoms with E-state index in [4.69, 9.17) is 11.6 Å². The quantitative estimate of drug-likeness (QED) is 0.730. The fraction of sp³-hybridized carbons (Fsp3) is 0.455. The van der Waals surface area contributed by atoms with Crippen molar-refractivity contribution in [3.63, 3.8) is 0 Å². The second-order valence-corrected chi connectivity index (χ2v) is 4.10.